The summed E-state index contributed by atoms with van der Waals surface area (Å²) in [5.41, 5.74) is 11.7. The molecule has 4 rings (SSSR count). The van der Waals surface area contributed by atoms with Crippen molar-refractivity contribution in [3.8, 4) is 0 Å². The van der Waals surface area contributed by atoms with Crippen molar-refractivity contribution >= 4 is 63.3 Å². The molecule has 6 N–H and O–H groups in total. The van der Waals surface area contributed by atoms with E-state index in [9.17, 15) is 19.5 Å². The largest absolute Gasteiger partial charge is 0.477 e. The summed E-state index contributed by atoms with van der Waals surface area (Å²) in [6, 6.07) is 2.05. The van der Waals surface area contributed by atoms with Crippen molar-refractivity contribution in [1.82, 2.24) is 20.2 Å². The normalized spacial score (nSPS) is 19.8. The third-order valence-electron chi connectivity index (χ3n) is 5.38. The van der Waals surface area contributed by atoms with Crippen LogP contribution in [0.1, 0.15) is 24.2 Å². The molecular formula is C20H20ClN7O5S2. The van der Waals surface area contributed by atoms with Crippen molar-refractivity contribution in [2.45, 2.75) is 36.4 Å². The highest BCUT2D eigenvalue weighted by Crippen LogP contribution is 2.43. The number of anilines is 1. The zero-order valence-electron chi connectivity index (χ0n) is 18.2. The maximum absolute atomic E-state index is 13.0. The van der Waals surface area contributed by atoms with Crippen molar-refractivity contribution in [2.24, 2.45) is 10.9 Å². The molecule has 2 aromatic heterocycles. The molecule has 12 nitrogen and oxygen atoms in total. The molecule has 0 radical (unpaired) electrons. The Labute approximate surface area is 212 Å². The van der Waals surface area contributed by atoms with E-state index in [2.05, 4.69) is 20.4 Å². The minimum Gasteiger partial charge on any atom is -0.477 e. The number of aromatic nitrogens is 2. The van der Waals surface area contributed by atoms with Crippen molar-refractivity contribution < 1.29 is 24.3 Å². The van der Waals surface area contributed by atoms with E-state index in [1.165, 1.54) is 23.8 Å². The molecule has 184 valence electrons. The molecule has 0 aliphatic carbocycles. The van der Waals surface area contributed by atoms with Crippen LogP contribution in [0.2, 0.25) is 4.34 Å². The molecule has 0 spiro atoms. The first-order valence-electron chi connectivity index (χ1n) is 10.2. The van der Waals surface area contributed by atoms with Crippen LogP contribution in [0, 0.1) is 0 Å². The number of carboxylic acid groups (broad SMARTS) is 1. The van der Waals surface area contributed by atoms with E-state index in [4.69, 9.17) is 27.9 Å². The van der Waals surface area contributed by atoms with Crippen molar-refractivity contribution in [1.29, 1.82) is 0 Å². The predicted octanol–water partition coefficient (Wildman–Crippen LogP) is 1.16. The van der Waals surface area contributed by atoms with E-state index in [0.29, 0.717) is 23.4 Å². The van der Waals surface area contributed by atoms with E-state index < -0.39 is 29.9 Å². The fraction of sp³-hybridized carbons (Fsp3) is 0.300. The number of halogens is 1. The second-order valence-electron chi connectivity index (χ2n) is 7.39. The molecule has 15 heteroatoms. The minimum atomic E-state index is -1.24. The number of hydrogen-bond donors (Lipinski definition) is 4. The van der Waals surface area contributed by atoms with Gasteiger partial charge in [-0.3, -0.25) is 19.5 Å². The lowest BCUT2D eigenvalue weighted by Gasteiger charge is -2.50. The predicted molar refractivity (Wildman–Crippen MR) is 130 cm³/mol. The number of thiazole rings is 1. The van der Waals surface area contributed by atoms with Crippen LogP contribution in [0.3, 0.4) is 0 Å². The van der Waals surface area contributed by atoms with E-state index in [1.54, 1.807) is 18.3 Å². The Morgan fingerprint density at radius 1 is 1.49 bits per heavy atom. The number of pyridine rings is 1. The van der Waals surface area contributed by atoms with E-state index in [-0.39, 0.29) is 33.1 Å². The van der Waals surface area contributed by atoms with Gasteiger partial charge in [-0.05, 0) is 25.0 Å². The molecule has 4 heterocycles. The molecule has 0 saturated carbocycles. The topological polar surface area (TPSA) is 186 Å². The number of hydrogen-bond acceptors (Lipinski definition) is 11. The smallest absolute Gasteiger partial charge is 0.353 e. The summed E-state index contributed by atoms with van der Waals surface area (Å²) < 4.78 is 0.137. The van der Waals surface area contributed by atoms with Crippen molar-refractivity contribution in [2.75, 3.05) is 12.8 Å². The average molecular weight is 538 g/mol. The zero-order chi connectivity index (χ0) is 25.3. The molecule has 0 bridgehead atoms. The van der Waals surface area contributed by atoms with Crippen LogP contribution in [-0.4, -0.2) is 62.7 Å². The first-order chi connectivity index (χ1) is 16.8. The lowest BCUT2D eigenvalue weighted by molar-refractivity contribution is -0.155. The summed E-state index contributed by atoms with van der Waals surface area (Å²) in [6.07, 6.45) is 2.44. The number of β-lactam (4-membered cyclic amide) rings is 1. The standard InChI is InChI=1S/C20H20ClN7O5S2/c1-33-27-14(13-16(21)35-20(23)26-13)17(29)25-12-9-4-5-11(15(19(31)32)28(9)18(12)30)34-10-3-2-6-24-8(10)7-22/h2-3,6,9,12H,4-5,7,22H2,1H3,(H2,23,26)(H,25,29)(H,31,32). The maximum atomic E-state index is 13.0. The highest BCUT2D eigenvalue weighted by molar-refractivity contribution is 8.03. The summed E-state index contributed by atoms with van der Waals surface area (Å²) in [4.78, 5) is 53.5. The number of rotatable bonds is 8. The van der Waals surface area contributed by atoms with Crippen LogP contribution in [0.25, 0.3) is 0 Å². The number of aliphatic carboxylic acids is 1. The van der Waals surface area contributed by atoms with Gasteiger partial charge < -0.3 is 26.7 Å². The van der Waals surface area contributed by atoms with Gasteiger partial charge in [-0.25, -0.2) is 9.78 Å². The van der Waals surface area contributed by atoms with Crippen LogP contribution in [0.5, 0.6) is 0 Å². The molecule has 1 saturated heterocycles. The molecule has 0 aromatic carbocycles. The number of amides is 2. The van der Waals surface area contributed by atoms with Crippen molar-refractivity contribution in [3.63, 3.8) is 0 Å². The average Bonchev–Trinajstić information content (AvgIpc) is 3.17. The lowest BCUT2D eigenvalue weighted by atomic mass is 9.86. The monoisotopic (exact) mass is 537 g/mol. The van der Waals surface area contributed by atoms with Crippen LogP contribution >= 0.6 is 34.7 Å². The van der Waals surface area contributed by atoms with Crippen LogP contribution in [-0.2, 0) is 25.8 Å². The molecule has 2 aliphatic rings. The Hall–Kier alpha value is -3.20. The number of thioether (sulfide) groups is 1. The van der Waals surface area contributed by atoms with Crippen LogP contribution in [0.15, 0.2) is 39.0 Å². The Kier molecular flexibility index (Phi) is 7.25. The molecule has 2 amide bonds. The number of allylic oxidation sites excluding steroid dienone is 1. The fourth-order valence-electron chi connectivity index (χ4n) is 3.89. The number of nitrogens with one attached hydrogen (secondary N) is 1. The Morgan fingerprint density at radius 2 is 2.26 bits per heavy atom. The highest BCUT2D eigenvalue weighted by Gasteiger charge is 2.54. The lowest BCUT2D eigenvalue weighted by Crippen LogP contribution is -2.72. The number of oxime groups is 1. The molecule has 2 aliphatic heterocycles. The quantitative estimate of drug-likeness (QED) is 0.216. The molecule has 2 atom stereocenters. The molecule has 2 unspecified atom stereocenters. The van der Waals surface area contributed by atoms with Gasteiger partial charge in [0, 0.05) is 22.5 Å². The van der Waals surface area contributed by atoms with Gasteiger partial charge in [0.05, 0.1) is 11.7 Å². The second-order valence-corrected chi connectivity index (χ2v) is 10.2. The van der Waals surface area contributed by atoms with Crippen LogP contribution < -0.4 is 16.8 Å². The summed E-state index contributed by atoms with van der Waals surface area (Å²) in [5, 5.41) is 16.3. The summed E-state index contributed by atoms with van der Waals surface area (Å²) >= 11 is 8.29. The summed E-state index contributed by atoms with van der Waals surface area (Å²) in [6.45, 7) is 0.193. The molecule has 1 fully saturated rings. The highest BCUT2D eigenvalue weighted by atomic mass is 35.5. The third kappa shape index (κ3) is 4.69. The van der Waals surface area contributed by atoms with Gasteiger partial charge in [0.2, 0.25) is 0 Å². The first-order valence-corrected chi connectivity index (χ1v) is 12.2. The number of carbonyl (C=O) groups is 3. The number of fused-ring (bicyclic) bond motifs is 1. The van der Waals surface area contributed by atoms with E-state index in [1.807, 2.05) is 0 Å². The number of nitrogen functional groups attached to an aromatic ring is 1. The van der Waals surface area contributed by atoms with Gasteiger partial charge >= 0.3 is 5.97 Å². The van der Waals surface area contributed by atoms with Gasteiger partial charge in [0.25, 0.3) is 11.8 Å². The Bertz CT molecular complexity index is 1260. The second kappa shape index (κ2) is 10.2. The third-order valence-corrected chi connectivity index (χ3v) is 7.70. The van der Waals surface area contributed by atoms with Gasteiger partial charge in [-0.15, -0.1) is 0 Å². The van der Waals surface area contributed by atoms with Crippen LogP contribution in [0.4, 0.5) is 5.13 Å². The van der Waals surface area contributed by atoms with Gasteiger partial charge in [0.15, 0.2) is 10.8 Å². The van der Waals surface area contributed by atoms with E-state index in [0.717, 1.165) is 16.2 Å². The molecule has 35 heavy (non-hydrogen) atoms. The van der Waals surface area contributed by atoms with Gasteiger partial charge in [-0.2, -0.15) is 0 Å². The molecule has 2 aromatic rings. The number of carboxylic acids is 1. The Balaban J connectivity index is 1.56. The minimum absolute atomic E-state index is 0.0257. The number of nitrogens with two attached hydrogens (primary N) is 2. The first kappa shape index (κ1) is 24.9. The van der Waals surface area contributed by atoms with Gasteiger partial charge in [-0.1, -0.05) is 39.9 Å². The Morgan fingerprint density at radius 3 is 2.89 bits per heavy atom. The van der Waals surface area contributed by atoms with E-state index >= 15 is 0 Å². The SMILES string of the molecule is CON=C(C(=O)NC1C(=O)N2C(C(=O)O)=C(Sc3cccnc3CN)CCC12)c1nc(N)sc1Cl. The maximum Gasteiger partial charge on any atom is 0.353 e. The van der Waals surface area contributed by atoms with Crippen molar-refractivity contribution in [3.05, 3.63) is 44.7 Å². The molecular weight excluding hydrogens is 518 g/mol. The van der Waals surface area contributed by atoms with Gasteiger partial charge in [0.1, 0.15) is 28.9 Å². The zero-order valence-corrected chi connectivity index (χ0v) is 20.6. The fourth-order valence-corrected chi connectivity index (χ4v) is 5.98. The summed E-state index contributed by atoms with van der Waals surface area (Å²) in [7, 11) is 1.25. The number of nitrogens with zero attached hydrogens (tertiary/aromatic N) is 4. The number of carbonyl (C=O) groups excluding carboxylic acids is 2. The summed E-state index contributed by atoms with van der Waals surface area (Å²) in [5.74, 6) is -2.54.